The number of thiophene rings is 1. The van der Waals surface area contributed by atoms with Gasteiger partial charge in [0.15, 0.2) is 5.65 Å². The number of rotatable bonds is 1. The summed E-state index contributed by atoms with van der Waals surface area (Å²) in [7, 11) is 0. The van der Waals surface area contributed by atoms with Crippen molar-refractivity contribution >= 4 is 33.1 Å². The van der Waals surface area contributed by atoms with E-state index in [2.05, 4.69) is 18.9 Å². The Hall–Kier alpha value is -2.02. The molecule has 0 spiro atoms. The van der Waals surface area contributed by atoms with Crippen LogP contribution in [0.25, 0.3) is 15.9 Å². The van der Waals surface area contributed by atoms with E-state index in [9.17, 15) is 4.79 Å². The maximum Gasteiger partial charge on any atom is 0.293 e. The topological polar surface area (TPSA) is 63.4 Å². The van der Waals surface area contributed by atoms with Gasteiger partial charge in [-0.1, -0.05) is 13.8 Å². The zero-order valence-corrected chi connectivity index (χ0v) is 17.0. The maximum atomic E-state index is 13.0. The average Bonchev–Trinajstić information content (AvgIpc) is 3.23. The summed E-state index contributed by atoms with van der Waals surface area (Å²) in [5, 5.41) is 5.69. The maximum absolute atomic E-state index is 13.0. The van der Waals surface area contributed by atoms with Gasteiger partial charge in [-0.05, 0) is 56.4 Å². The number of hydrogen-bond donors (Lipinski definition) is 0. The van der Waals surface area contributed by atoms with E-state index in [4.69, 9.17) is 9.97 Å². The fourth-order valence-corrected chi connectivity index (χ4v) is 6.07. The number of nitrogens with zero attached hydrogens (tertiary/aromatic N) is 5. The second-order valence-corrected chi connectivity index (χ2v) is 9.32. The highest BCUT2D eigenvalue weighted by molar-refractivity contribution is 7.19. The molecular formula is C20H25N5OS. The van der Waals surface area contributed by atoms with Crippen LogP contribution in [0.3, 0.4) is 0 Å². The van der Waals surface area contributed by atoms with Crippen LogP contribution in [0.2, 0.25) is 0 Å². The number of carbonyl (C=O) groups excluding carboxylic acids is 1. The molecule has 5 rings (SSSR count). The molecule has 1 aliphatic carbocycles. The molecule has 0 aromatic carbocycles. The Balaban J connectivity index is 1.66. The average molecular weight is 384 g/mol. The van der Waals surface area contributed by atoms with Gasteiger partial charge in [0.25, 0.3) is 5.91 Å². The molecule has 7 heteroatoms. The number of hydrogen-bond acceptors (Lipinski definition) is 5. The molecule has 4 heterocycles. The van der Waals surface area contributed by atoms with Crippen LogP contribution in [0.15, 0.2) is 0 Å². The molecule has 0 bridgehead atoms. The number of piperidine rings is 1. The third-order valence-electron chi connectivity index (χ3n) is 6.07. The first-order valence-electron chi connectivity index (χ1n) is 10.0. The summed E-state index contributed by atoms with van der Waals surface area (Å²) in [5.74, 6) is 2.11. The summed E-state index contributed by atoms with van der Waals surface area (Å²) >= 11 is 1.79. The van der Waals surface area contributed by atoms with Crippen molar-refractivity contribution in [2.45, 2.75) is 58.8 Å². The Morgan fingerprint density at radius 1 is 1.19 bits per heavy atom. The lowest BCUT2D eigenvalue weighted by Gasteiger charge is -2.29. The van der Waals surface area contributed by atoms with Gasteiger partial charge in [0, 0.05) is 18.0 Å². The molecule has 1 amide bonds. The third-order valence-corrected chi connectivity index (χ3v) is 7.23. The number of likely N-dealkylation sites (tertiary alicyclic amines) is 1. The highest BCUT2D eigenvalue weighted by Gasteiger charge is 2.29. The van der Waals surface area contributed by atoms with Crippen LogP contribution in [-0.2, 0) is 6.42 Å². The molecule has 3 aromatic heterocycles. The van der Waals surface area contributed by atoms with Crippen molar-refractivity contribution in [1.82, 2.24) is 24.5 Å². The minimum absolute atomic E-state index is 0.0463. The summed E-state index contributed by atoms with van der Waals surface area (Å²) in [6.45, 7) is 8.04. The van der Waals surface area contributed by atoms with Crippen LogP contribution < -0.4 is 0 Å². The van der Waals surface area contributed by atoms with E-state index >= 15 is 0 Å². The van der Waals surface area contributed by atoms with E-state index < -0.39 is 0 Å². The van der Waals surface area contributed by atoms with Crippen LogP contribution in [0, 0.1) is 12.8 Å². The molecule has 142 valence electrons. The number of fused-ring (bicyclic) bond motifs is 5. The van der Waals surface area contributed by atoms with Crippen LogP contribution >= 0.6 is 11.3 Å². The lowest BCUT2D eigenvalue weighted by Crippen LogP contribution is -2.39. The highest BCUT2D eigenvalue weighted by atomic mass is 32.1. The lowest BCUT2D eigenvalue weighted by molar-refractivity contribution is 0.0671. The van der Waals surface area contributed by atoms with Gasteiger partial charge in [0.1, 0.15) is 10.7 Å². The molecule has 0 saturated carbocycles. The predicted octanol–water partition coefficient (Wildman–Crippen LogP) is 3.96. The molecule has 0 unspecified atom stereocenters. The summed E-state index contributed by atoms with van der Waals surface area (Å²) in [4.78, 5) is 26.9. The second kappa shape index (κ2) is 6.26. The van der Waals surface area contributed by atoms with E-state index in [-0.39, 0.29) is 5.91 Å². The van der Waals surface area contributed by atoms with Crippen LogP contribution in [-0.4, -0.2) is 43.5 Å². The van der Waals surface area contributed by atoms with E-state index in [0.29, 0.717) is 17.7 Å². The second-order valence-electron chi connectivity index (χ2n) is 8.24. The third kappa shape index (κ3) is 2.66. The van der Waals surface area contributed by atoms with Crippen molar-refractivity contribution in [3.63, 3.8) is 0 Å². The highest BCUT2D eigenvalue weighted by Crippen LogP contribution is 2.42. The van der Waals surface area contributed by atoms with Gasteiger partial charge in [0.2, 0.25) is 5.82 Å². The van der Waals surface area contributed by atoms with Gasteiger partial charge in [0.05, 0.1) is 5.39 Å². The standard InChI is InChI=1S/C20H25N5OS/c1-11-6-5-9-24(10-11)20(26)17-22-18-16-15-12(2)7-4-8-14(15)27-19(16)21-13(3)25(18)23-17/h11-12H,4-10H2,1-3H3/t11-,12+/m0/s1. The van der Waals surface area contributed by atoms with Gasteiger partial charge < -0.3 is 4.90 Å². The summed E-state index contributed by atoms with van der Waals surface area (Å²) in [6.07, 6.45) is 5.80. The van der Waals surface area contributed by atoms with E-state index in [0.717, 1.165) is 47.6 Å². The fraction of sp³-hybridized carbons (Fsp3) is 0.600. The van der Waals surface area contributed by atoms with Gasteiger partial charge in [-0.3, -0.25) is 4.79 Å². The molecule has 1 aliphatic heterocycles. The summed E-state index contributed by atoms with van der Waals surface area (Å²) in [5.41, 5.74) is 2.19. The molecule has 1 fully saturated rings. The van der Waals surface area contributed by atoms with Gasteiger partial charge in [-0.15, -0.1) is 16.4 Å². The van der Waals surface area contributed by atoms with Crippen molar-refractivity contribution in [1.29, 1.82) is 0 Å². The normalized spacial score (nSPS) is 23.1. The quantitative estimate of drug-likeness (QED) is 0.638. The lowest BCUT2D eigenvalue weighted by atomic mass is 9.87. The molecule has 2 aliphatic rings. The Morgan fingerprint density at radius 2 is 2.04 bits per heavy atom. The number of amides is 1. The summed E-state index contributed by atoms with van der Waals surface area (Å²) < 4.78 is 1.78. The van der Waals surface area contributed by atoms with Gasteiger partial charge >= 0.3 is 0 Å². The van der Waals surface area contributed by atoms with E-state index in [1.165, 1.54) is 29.7 Å². The zero-order valence-electron chi connectivity index (χ0n) is 16.2. The molecule has 6 nitrogen and oxygen atoms in total. The minimum atomic E-state index is -0.0463. The molecule has 3 aromatic rings. The van der Waals surface area contributed by atoms with Crippen LogP contribution in [0.5, 0.6) is 0 Å². The first kappa shape index (κ1) is 17.1. The van der Waals surface area contributed by atoms with Crippen molar-refractivity contribution in [3.05, 3.63) is 22.1 Å². The van der Waals surface area contributed by atoms with E-state index in [1.54, 1.807) is 15.9 Å². The first-order valence-corrected chi connectivity index (χ1v) is 10.8. The van der Waals surface area contributed by atoms with E-state index in [1.807, 2.05) is 11.8 Å². The SMILES string of the molecule is Cc1nc2sc3c(c2c2nc(C(=O)N4CCC[C@H](C)C4)nn12)[C@H](C)CCC3. The van der Waals surface area contributed by atoms with Crippen molar-refractivity contribution in [3.8, 4) is 0 Å². The first-order chi connectivity index (χ1) is 13.0. The monoisotopic (exact) mass is 383 g/mol. The van der Waals surface area contributed by atoms with Crippen LogP contribution in [0.1, 0.15) is 72.3 Å². The van der Waals surface area contributed by atoms with Gasteiger partial charge in [-0.2, -0.15) is 4.52 Å². The zero-order chi connectivity index (χ0) is 18.7. The number of aromatic nitrogens is 4. The molecule has 0 N–H and O–H groups in total. The van der Waals surface area contributed by atoms with Crippen molar-refractivity contribution in [2.75, 3.05) is 13.1 Å². The predicted molar refractivity (Wildman–Crippen MR) is 107 cm³/mol. The van der Waals surface area contributed by atoms with Gasteiger partial charge in [-0.25, -0.2) is 9.97 Å². The number of carbonyl (C=O) groups is 1. The minimum Gasteiger partial charge on any atom is -0.336 e. The fourth-order valence-electron chi connectivity index (χ4n) is 4.69. The molecule has 0 radical (unpaired) electrons. The molecule has 2 atom stereocenters. The molecule has 1 saturated heterocycles. The Morgan fingerprint density at radius 3 is 2.85 bits per heavy atom. The summed E-state index contributed by atoms with van der Waals surface area (Å²) in [6, 6.07) is 0. The largest absolute Gasteiger partial charge is 0.336 e. The van der Waals surface area contributed by atoms with Crippen molar-refractivity contribution < 1.29 is 4.79 Å². The van der Waals surface area contributed by atoms with Crippen molar-refractivity contribution in [2.24, 2.45) is 5.92 Å². The smallest absolute Gasteiger partial charge is 0.293 e. The molecular weight excluding hydrogens is 358 g/mol. The van der Waals surface area contributed by atoms with Crippen LogP contribution in [0.4, 0.5) is 0 Å². The number of aryl methyl sites for hydroxylation is 2. The Labute approximate surface area is 162 Å². The molecule has 27 heavy (non-hydrogen) atoms. The Kier molecular flexibility index (Phi) is 3.96. The Bertz CT molecular complexity index is 1050.